The van der Waals surface area contributed by atoms with E-state index in [0.717, 1.165) is 0 Å². The Morgan fingerprint density at radius 1 is 1.17 bits per heavy atom. The summed E-state index contributed by atoms with van der Waals surface area (Å²) in [5.74, 6) is 0. The van der Waals surface area contributed by atoms with Crippen LogP contribution in [0.15, 0.2) is 29.2 Å². The van der Waals surface area contributed by atoms with Gasteiger partial charge in [0.1, 0.15) is 0 Å². The van der Waals surface area contributed by atoms with Gasteiger partial charge in [0.05, 0.1) is 22.7 Å². The van der Waals surface area contributed by atoms with Crippen LogP contribution in [0.5, 0.6) is 0 Å². The van der Waals surface area contributed by atoms with Gasteiger partial charge in [0.15, 0.2) is 0 Å². The Hall–Kier alpha value is -0.925. The number of nitrogens with one attached hydrogen (secondary N) is 1. The molecule has 0 atom stereocenters. The summed E-state index contributed by atoms with van der Waals surface area (Å²) in [6, 6.07) is 6.61. The zero-order chi connectivity index (χ0) is 17.3. The van der Waals surface area contributed by atoms with Gasteiger partial charge in [0.2, 0.25) is 10.0 Å². The van der Waals surface area contributed by atoms with E-state index in [1.165, 1.54) is 7.11 Å². The minimum Gasteiger partial charge on any atom is -0.399 e. The largest absolute Gasteiger partial charge is 0.494 e. The molecule has 8 heteroatoms. The maximum Gasteiger partial charge on any atom is 0.494 e. The molecule has 0 aromatic heterocycles. The Bertz CT molecular complexity index is 644. The molecule has 0 bridgehead atoms. The Kier molecular flexibility index (Phi) is 5.23. The molecule has 0 unspecified atom stereocenters. The quantitative estimate of drug-likeness (QED) is 0.615. The Balaban J connectivity index is 2.21. The van der Waals surface area contributed by atoms with E-state index >= 15 is 0 Å². The first-order valence-corrected chi connectivity index (χ1v) is 9.01. The molecule has 1 saturated heterocycles. The first-order valence-electron chi connectivity index (χ1n) is 7.53. The fourth-order valence-electron chi connectivity index (χ4n) is 2.17. The molecule has 1 N–H and O–H groups in total. The van der Waals surface area contributed by atoms with Crippen LogP contribution in [0.4, 0.5) is 0 Å². The second-order valence-electron chi connectivity index (χ2n) is 6.55. The van der Waals surface area contributed by atoms with Crippen molar-refractivity contribution >= 4 is 22.6 Å². The topological polar surface area (TPSA) is 73.9 Å². The van der Waals surface area contributed by atoms with E-state index in [1.54, 1.807) is 24.3 Å². The summed E-state index contributed by atoms with van der Waals surface area (Å²) in [4.78, 5) is 0.181. The van der Waals surface area contributed by atoms with Crippen molar-refractivity contribution in [2.45, 2.75) is 43.8 Å². The minimum atomic E-state index is -3.58. The molecule has 1 aliphatic heterocycles. The van der Waals surface area contributed by atoms with Crippen LogP contribution >= 0.6 is 0 Å². The molecule has 1 aromatic rings. The Morgan fingerprint density at radius 2 is 1.78 bits per heavy atom. The summed E-state index contributed by atoms with van der Waals surface area (Å²) in [7, 11) is -2.65. The normalized spacial score (nSPS) is 20.0. The van der Waals surface area contributed by atoms with Crippen LogP contribution in [0.25, 0.3) is 0 Å². The SMILES string of the molecule is COCCNS(=O)(=O)c1cccc(B2OC(C)(C)C(C)(C)O2)c1. The molecule has 0 aliphatic carbocycles. The van der Waals surface area contributed by atoms with Gasteiger partial charge >= 0.3 is 7.12 Å². The van der Waals surface area contributed by atoms with Crippen molar-refractivity contribution in [3.05, 3.63) is 24.3 Å². The van der Waals surface area contributed by atoms with E-state index < -0.39 is 28.3 Å². The number of methoxy groups -OCH3 is 1. The Morgan fingerprint density at radius 3 is 2.35 bits per heavy atom. The van der Waals surface area contributed by atoms with Crippen LogP contribution in [-0.2, 0) is 24.1 Å². The first-order chi connectivity index (χ1) is 10.6. The molecule has 23 heavy (non-hydrogen) atoms. The molecule has 1 aromatic carbocycles. The van der Waals surface area contributed by atoms with E-state index in [1.807, 2.05) is 27.7 Å². The Labute approximate surface area is 138 Å². The van der Waals surface area contributed by atoms with Crippen LogP contribution in [0.3, 0.4) is 0 Å². The molecule has 1 aliphatic rings. The van der Waals surface area contributed by atoms with Crippen molar-refractivity contribution in [1.82, 2.24) is 4.72 Å². The average Bonchev–Trinajstić information content (AvgIpc) is 2.68. The molecule has 0 saturated carbocycles. The smallest absolute Gasteiger partial charge is 0.399 e. The lowest BCUT2D eigenvalue weighted by molar-refractivity contribution is 0.00578. The van der Waals surface area contributed by atoms with Crippen LogP contribution in [0.1, 0.15) is 27.7 Å². The van der Waals surface area contributed by atoms with E-state index in [2.05, 4.69) is 4.72 Å². The van der Waals surface area contributed by atoms with Gasteiger partial charge in [-0.15, -0.1) is 0 Å². The van der Waals surface area contributed by atoms with Gasteiger partial charge in [-0.3, -0.25) is 0 Å². The molecule has 0 spiro atoms. The second-order valence-corrected chi connectivity index (χ2v) is 8.32. The average molecular weight is 341 g/mol. The lowest BCUT2D eigenvalue weighted by Crippen LogP contribution is -2.41. The molecule has 2 rings (SSSR count). The molecule has 128 valence electrons. The minimum absolute atomic E-state index is 0.181. The van der Waals surface area contributed by atoms with Crippen LogP contribution in [0, 0.1) is 0 Å². The van der Waals surface area contributed by atoms with Gasteiger partial charge in [-0.1, -0.05) is 12.1 Å². The highest BCUT2D eigenvalue weighted by atomic mass is 32.2. The maximum absolute atomic E-state index is 12.3. The molecule has 0 radical (unpaired) electrons. The summed E-state index contributed by atoms with van der Waals surface area (Å²) >= 11 is 0. The van der Waals surface area contributed by atoms with Gasteiger partial charge < -0.3 is 14.0 Å². The van der Waals surface area contributed by atoms with E-state index in [0.29, 0.717) is 12.1 Å². The number of rotatable bonds is 6. The van der Waals surface area contributed by atoms with Crippen molar-refractivity contribution in [2.75, 3.05) is 20.3 Å². The third-order valence-corrected chi connectivity index (χ3v) is 5.75. The van der Waals surface area contributed by atoms with E-state index in [9.17, 15) is 8.42 Å². The molecule has 1 fully saturated rings. The van der Waals surface area contributed by atoms with Crippen molar-refractivity contribution in [1.29, 1.82) is 0 Å². The lowest BCUT2D eigenvalue weighted by Gasteiger charge is -2.32. The van der Waals surface area contributed by atoms with Crippen molar-refractivity contribution in [3.63, 3.8) is 0 Å². The summed E-state index contributed by atoms with van der Waals surface area (Å²) < 4.78 is 43.8. The summed E-state index contributed by atoms with van der Waals surface area (Å²) in [5.41, 5.74) is -0.259. The molecule has 6 nitrogen and oxygen atoms in total. The summed E-state index contributed by atoms with van der Waals surface area (Å²) in [6.45, 7) is 8.37. The highest BCUT2D eigenvalue weighted by Gasteiger charge is 2.51. The van der Waals surface area contributed by atoms with Crippen molar-refractivity contribution in [2.24, 2.45) is 0 Å². The number of sulfonamides is 1. The predicted molar refractivity (Wildman–Crippen MR) is 89.2 cm³/mol. The fourth-order valence-corrected chi connectivity index (χ4v) is 3.24. The van der Waals surface area contributed by atoms with Gasteiger partial charge in [0, 0.05) is 13.7 Å². The third-order valence-electron chi connectivity index (χ3n) is 4.29. The zero-order valence-electron chi connectivity index (χ0n) is 14.3. The predicted octanol–water partition coefficient (Wildman–Crippen LogP) is 0.910. The number of hydrogen-bond donors (Lipinski definition) is 1. The number of ether oxygens (including phenoxy) is 1. The monoisotopic (exact) mass is 341 g/mol. The fraction of sp³-hybridized carbons (Fsp3) is 0.600. The number of benzene rings is 1. The molecular formula is C15H24BNO5S. The van der Waals surface area contributed by atoms with Gasteiger partial charge in [-0.25, -0.2) is 13.1 Å². The maximum atomic E-state index is 12.3. The molecule has 1 heterocycles. The highest BCUT2D eigenvalue weighted by Crippen LogP contribution is 2.36. The highest BCUT2D eigenvalue weighted by molar-refractivity contribution is 7.89. The van der Waals surface area contributed by atoms with E-state index in [4.69, 9.17) is 14.0 Å². The third kappa shape index (κ3) is 3.95. The summed E-state index contributed by atoms with van der Waals surface area (Å²) in [6.07, 6.45) is 0. The number of hydrogen-bond acceptors (Lipinski definition) is 5. The molecular weight excluding hydrogens is 317 g/mol. The molecule has 0 amide bonds. The van der Waals surface area contributed by atoms with Crippen LogP contribution < -0.4 is 10.2 Å². The van der Waals surface area contributed by atoms with Gasteiger partial charge in [-0.2, -0.15) is 0 Å². The first kappa shape index (κ1) is 18.4. The lowest BCUT2D eigenvalue weighted by atomic mass is 9.79. The van der Waals surface area contributed by atoms with E-state index in [-0.39, 0.29) is 11.4 Å². The second kappa shape index (κ2) is 6.53. The zero-order valence-corrected chi connectivity index (χ0v) is 15.1. The standard InChI is InChI=1S/C15H24BNO5S/c1-14(2)15(3,4)22-16(21-14)12-7-6-8-13(11-12)23(18,19)17-9-10-20-5/h6-8,11,17H,9-10H2,1-5H3. The van der Waals surface area contributed by atoms with Crippen molar-refractivity contribution < 1.29 is 22.5 Å². The van der Waals surface area contributed by atoms with Gasteiger partial charge in [0.25, 0.3) is 0 Å². The summed E-state index contributed by atoms with van der Waals surface area (Å²) in [5, 5.41) is 0. The van der Waals surface area contributed by atoms with Crippen LogP contribution in [-0.4, -0.2) is 47.0 Å². The van der Waals surface area contributed by atoms with Crippen LogP contribution in [0.2, 0.25) is 0 Å². The van der Waals surface area contributed by atoms with Crippen molar-refractivity contribution in [3.8, 4) is 0 Å². The van der Waals surface area contributed by atoms with Gasteiger partial charge in [-0.05, 0) is 45.3 Å².